The maximum atomic E-state index is 5.87. The van der Waals surface area contributed by atoms with Crippen molar-refractivity contribution in [2.45, 2.75) is 12.8 Å². The Labute approximate surface area is 100 Å². The minimum absolute atomic E-state index is 0.394. The van der Waals surface area contributed by atoms with E-state index in [1.165, 1.54) is 14.2 Å². The molecule has 0 spiro atoms. The van der Waals surface area contributed by atoms with E-state index in [4.69, 9.17) is 19.9 Å². The molecule has 1 aromatic carbocycles. The molecule has 1 aromatic rings. The number of rotatable bonds is 4. The average Bonchev–Trinajstić information content (AvgIpc) is 2.65. The van der Waals surface area contributed by atoms with Crippen LogP contribution in [0.25, 0.3) is 0 Å². The third-order valence-corrected chi connectivity index (χ3v) is 2.74. The van der Waals surface area contributed by atoms with Gasteiger partial charge in [0.1, 0.15) is 11.6 Å². The van der Waals surface area contributed by atoms with E-state index in [1.54, 1.807) is 0 Å². The summed E-state index contributed by atoms with van der Waals surface area (Å²) in [6.07, 6.45) is 0. The lowest BCUT2D eigenvalue weighted by molar-refractivity contribution is -0.207. The van der Waals surface area contributed by atoms with Crippen LogP contribution in [0.2, 0.25) is 0 Å². The summed E-state index contributed by atoms with van der Waals surface area (Å²) in [5.41, 5.74) is 7.39. The Morgan fingerprint density at radius 1 is 1.29 bits per heavy atom. The van der Waals surface area contributed by atoms with Crippen LogP contribution in [0.15, 0.2) is 23.2 Å². The van der Waals surface area contributed by atoms with Crippen molar-refractivity contribution in [2.24, 2.45) is 10.7 Å². The van der Waals surface area contributed by atoms with Gasteiger partial charge in [0.05, 0.1) is 12.2 Å². The highest BCUT2D eigenvalue weighted by molar-refractivity contribution is 6.02. The number of amidine groups is 1. The molecule has 0 radical (unpaired) electrons. The second-order valence-corrected chi connectivity index (χ2v) is 3.60. The number of aliphatic imine (C=N–C) groups is 1. The highest BCUT2D eigenvalue weighted by atomic mass is 16.7. The smallest absolute Gasteiger partial charge is 0.303 e. The monoisotopic (exact) mass is 236 g/mol. The van der Waals surface area contributed by atoms with E-state index in [-0.39, 0.29) is 0 Å². The summed E-state index contributed by atoms with van der Waals surface area (Å²) in [5, 5.41) is 0. The minimum Gasteiger partial charge on any atom is -0.493 e. The Bertz CT molecular complexity index is 453. The van der Waals surface area contributed by atoms with E-state index in [0.717, 1.165) is 11.1 Å². The van der Waals surface area contributed by atoms with Gasteiger partial charge in [0.15, 0.2) is 0 Å². The van der Waals surface area contributed by atoms with Gasteiger partial charge in [-0.15, -0.1) is 0 Å². The topological polar surface area (TPSA) is 66.1 Å². The number of nitrogens with two attached hydrogens (primary N) is 1. The third-order valence-electron chi connectivity index (χ3n) is 2.74. The zero-order valence-electron chi connectivity index (χ0n) is 10.2. The predicted molar refractivity (Wildman–Crippen MR) is 64.0 cm³/mol. The van der Waals surface area contributed by atoms with Crippen LogP contribution in [-0.2, 0) is 15.4 Å². The zero-order chi connectivity index (χ0) is 12.5. The lowest BCUT2D eigenvalue weighted by atomic mass is 10.1. The molecule has 1 aliphatic heterocycles. The zero-order valence-corrected chi connectivity index (χ0v) is 10.2. The van der Waals surface area contributed by atoms with Crippen molar-refractivity contribution in [3.05, 3.63) is 29.3 Å². The number of benzene rings is 1. The van der Waals surface area contributed by atoms with Crippen molar-refractivity contribution in [1.82, 2.24) is 0 Å². The normalized spacial score (nSPS) is 16.5. The largest absolute Gasteiger partial charge is 0.493 e. The van der Waals surface area contributed by atoms with Gasteiger partial charge in [-0.1, -0.05) is 12.1 Å². The molecule has 0 saturated heterocycles. The maximum Gasteiger partial charge on any atom is 0.303 e. The molecule has 0 bridgehead atoms. The average molecular weight is 236 g/mol. The molecule has 0 amide bonds. The maximum absolute atomic E-state index is 5.87. The van der Waals surface area contributed by atoms with Crippen LogP contribution in [0.5, 0.6) is 5.75 Å². The molecule has 2 N–H and O–H groups in total. The van der Waals surface area contributed by atoms with E-state index < -0.39 is 5.91 Å². The van der Waals surface area contributed by atoms with Crippen LogP contribution in [0.3, 0.4) is 0 Å². The molecule has 0 aliphatic carbocycles. The highest BCUT2D eigenvalue weighted by Gasteiger charge is 2.43. The van der Waals surface area contributed by atoms with E-state index >= 15 is 0 Å². The summed E-state index contributed by atoms with van der Waals surface area (Å²) in [5.74, 6) is -0.117. The fraction of sp³-hybridized carbons (Fsp3) is 0.417. The van der Waals surface area contributed by atoms with Crippen molar-refractivity contribution in [3.8, 4) is 5.75 Å². The van der Waals surface area contributed by atoms with Gasteiger partial charge in [-0.05, 0) is 13.0 Å². The van der Waals surface area contributed by atoms with E-state index in [2.05, 4.69) is 4.99 Å². The number of fused-ring (bicyclic) bond motifs is 1. The molecule has 0 atom stereocenters. The summed E-state index contributed by atoms with van der Waals surface area (Å²) >= 11 is 0. The molecule has 0 saturated carbocycles. The quantitative estimate of drug-likeness (QED) is 0.798. The molecule has 1 heterocycles. The summed E-state index contributed by atoms with van der Waals surface area (Å²) < 4.78 is 16.3. The second-order valence-electron chi connectivity index (χ2n) is 3.60. The van der Waals surface area contributed by atoms with Gasteiger partial charge >= 0.3 is 5.91 Å². The van der Waals surface area contributed by atoms with Crippen molar-refractivity contribution < 1.29 is 14.2 Å². The summed E-state index contributed by atoms with van der Waals surface area (Å²) in [7, 11) is 3.05. The van der Waals surface area contributed by atoms with E-state index in [9.17, 15) is 0 Å². The van der Waals surface area contributed by atoms with Gasteiger partial charge in [-0.25, -0.2) is 4.99 Å². The standard InChI is InChI=1S/C12H16N2O3/c1-4-17-9-7-5-6-8-10(9)12(15-2,16-3)14-11(8)13/h5-7H,4H2,1-3H3,(H2,13,14). The first kappa shape index (κ1) is 11.9. The molecule has 0 fully saturated rings. The third kappa shape index (κ3) is 1.67. The van der Waals surface area contributed by atoms with E-state index in [1.807, 2.05) is 25.1 Å². The van der Waals surface area contributed by atoms with Gasteiger partial charge in [0.2, 0.25) is 0 Å². The molecule has 5 heteroatoms. The van der Waals surface area contributed by atoms with Crippen LogP contribution in [-0.4, -0.2) is 26.7 Å². The lowest BCUT2D eigenvalue weighted by Gasteiger charge is -2.25. The predicted octanol–water partition coefficient (Wildman–Crippen LogP) is 1.21. The Hall–Kier alpha value is -1.59. The van der Waals surface area contributed by atoms with E-state index in [0.29, 0.717) is 18.2 Å². The number of ether oxygens (including phenoxy) is 3. The van der Waals surface area contributed by atoms with Crippen LogP contribution in [0, 0.1) is 0 Å². The van der Waals surface area contributed by atoms with Crippen molar-refractivity contribution in [1.29, 1.82) is 0 Å². The minimum atomic E-state index is -1.19. The van der Waals surface area contributed by atoms with Gasteiger partial charge < -0.3 is 19.9 Å². The highest BCUT2D eigenvalue weighted by Crippen LogP contribution is 2.41. The van der Waals surface area contributed by atoms with Crippen molar-refractivity contribution in [3.63, 3.8) is 0 Å². The Balaban J connectivity index is 2.61. The van der Waals surface area contributed by atoms with Crippen molar-refractivity contribution in [2.75, 3.05) is 20.8 Å². The van der Waals surface area contributed by atoms with Crippen LogP contribution in [0.1, 0.15) is 18.1 Å². The molecule has 0 aromatic heterocycles. The Morgan fingerprint density at radius 2 is 2.00 bits per heavy atom. The summed E-state index contributed by atoms with van der Waals surface area (Å²) in [6.45, 7) is 2.47. The first-order chi connectivity index (χ1) is 8.18. The fourth-order valence-electron chi connectivity index (χ4n) is 2.00. The Morgan fingerprint density at radius 3 is 2.59 bits per heavy atom. The molecule has 2 rings (SSSR count). The van der Waals surface area contributed by atoms with Gasteiger partial charge in [0, 0.05) is 19.8 Å². The summed E-state index contributed by atoms with van der Waals surface area (Å²) in [4.78, 5) is 4.24. The Kier molecular flexibility index (Phi) is 3.04. The molecular formula is C12H16N2O3. The van der Waals surface area contributed by atoms with Gasteiger partial charge in [0.25, 0.3) is 0 Å². The number of hydrogen-bond acceptors (Lipinski definition) is 5. The SMILES string of the molecule is CCOc1cccc2c1C(OC)(OC)N=C2N. The fourth-order valence-corrected chi connectivity index (χ4v) is 2.00. The van der Waals surface area contributed by atoms with Crippen LogP contribution < -0.4 is 10.5 Å². The summed E-state index contributed by atoms with van der Waals surface area (Å²) in [6, 6.07) is 5.59. The van der Waals surface area contributed by atoms with Gasteiger partial charge in [-0.3, -0.25) is 0 Å². The van der Waals surface area contributed by atoms with Crippen molar-refractivity contribution >= 4 is 5.84 Å². The first-order valence-electron chi connectivity index (χ1n) is 5.40. The second kappa shape index (κ2) is 4.35. The molecule has 92 valence electrons. The van der Waals surface area contributed by atoms with Gasteiger partial charge in [-0.2, -0.15) is 0 Å². The first-order valence-corrected chi connectivity index (χ1v) is 5.40. The lowest BCUT2D eigenvalue weighted by Crippen LogP contribution is -2.27. The molecule has 0 unspecified atom stereocenters. The number of hydrogen-bond donors (Lipinski definition) is 1. The molecule has 5 nitrogen and oxygen atoms in total. The molecular weight excluding hydrogens is 220 g/mol. The molecule has 17 heavy (non-hydrogen) atoms. The molecule has 1 aliphatic rings. The van der Waals surface area contributed by atoms with Crippen LogP contribution in [0.4, 0.5) is 0 Å². The van der Waals surface area contributed by atoms with Crippen LogP contribution >= 0.6 is 0 Å². The number of nitrogens with zero attached hydrogens (tertiary/aromatic N) is 1. The number of methoxy groups -OCH3 is 2.